The normalized spacial score (nSPS) is 23.4. The molecule has 2 aliphatic rings. The molecule has 2 saturated heterocycles. The lowest BCUT2D eigenvalue weighted by molar-refractivity contribution is 0.116. The van der Waals surface area contributed by atoms with Crippen molar-refractivity contribution in [2.75, 3.05) is 26.2 Å². The van der Waals surface area contributed by atoms with E-state index in [9.17, 15) is 9.18 Å². The van der Waals surface area contributed by atoms with Crippen molar-refractivity contribution in [2.45, 2.75) is 12.6 Å². The number of urea groups is 1. The average molecular weight is 328 g/mol. The van der Waals surface area contributed by atoms with Gasteiger partial charge >= 0.3 is 6.03 Å². The van der Waals surface area contributed by atoms with Crippen LogP contribution >= 0.6 is 15.9 Å². The third-order valence-corrected chi connectivity index (χ3v) is 4.46. The lowest BCUT2D eigenvalue weighted by Crippen LogP contribution is -2.51. The van der Waals surface area contributed by atoms with Crippen LogP contribution in [0, 0.1) is 5.82 Å². The molecule has 0 aromatic heterocycles. The Morgan fingerprint density at radius 1 is 1.42 bits per heavy atom. The number of rotatable bonds is 2. The van der Waals surface area contributed by atoms with Gasteiger partial charge in [-0.25, -0.2) is 9.18 Å². The molecule has 2 heterocycles. The Balaban J connectivity index is 1.66. The van der Waals surface area contributed by atoms with Gasteiger partial charge in [-0.2, -0.15) is 0 Å². The fourth-order valence-electron chi connectivity index (χ4n) is 2.70. The zero-order valence-electron chi connectivity index (χ0n) is 10.4. The van der Waals surface area contributed by atoms with E-state index in [-0.39, 0.29) is 17.9 Å². The second kappa shape index (κ2) is 5.09. The molecule has 3 rings (SSSR count). The number of carbonyl (C=O) groups excluding carboxylic acids is 1. The molecule has 0 bridgehead atoms. The van der Waals surface area contributed by atoms with Gasteiger partial charge in [0.25, 0.3) is 0 Å². The molecule has 19 heavy (non-hydrogen) atoms. The molecule has 1 aromatic rings. The van der Waals surface area contributed by atoms with Crippen LogP contribution in [-0.4, -0.2) is 48.1 Å². The molecule has 1 N–H and O–H groups in total. The van der Waals surface area contributed by atoms with Gasteiger partial charge in [-0.1, -0.05) is 22.0 Å². The summed E-state index contributed by atoms with van der Waals surface area (Å²) in [6, 6.07) is 5.10. The van der Waals surface area contributed by atoms with E-state index in [0.29, 0.717) is 0 Å². The van der Waals surface area contributed by atoms with Gasteiger partial charge in [0, 0.05) is 37.2 Å². The summed E-state index contributed by atoms with van der Waals surface area (Å²) >= 11 is 3.40. The Kier molecular flexibility index (Phi) is 3.45. The number of hydrogen-bond acceptors (Lipinski definition) is 2. The number of benzene rings is 1. The highest BCUT2D eigenvalue weighted by Crippen LogP contribution is 2.22. The van der Waals surface area contributed by atoms with Crippen LogP contribution in [0.3, 0.4) is 0 Å². The number of piperazine rings is 1. The number of fused-ring (bicyclic) bond motifs is 1. The SMILES string of the molecule is O=C1NCC2CN(Cc3ccc(F)cc3Br)CCN12. The molecule has 0 radical (unpaired) electrons. The molecule has 1 unspecified atom stereocenters. The summed E-state index contributed by atoms with van der Waals surface area (Å²) in [5, 5.41) is 2.87. The number of carbonyl (C=O) groups is 1. The second-order valence-electron chi connectivity index (χ2n) is 5.00. The van der Waals surface area contributed by atoms with Crippen molar-refractivity contribution in [2.24, 2.45) is 0 Å². The lowest BCUT2D eigenvalue weighted by Gasteiger charge is -2.36. The van der Waals surface area contributed by atoms with E-state index in [1.54, 1.807) is 0 Å². The van der Waals surface area contributed by atoms with Gasteiger partial charge in [-0.05, 0) is 17.7 Å². The molecule has 1 aromatic carbocycles. The summed E-state index contributed by atoms with van der Waals surface area (Å²) in [5.41, 5.74) is 1.08. The van der Waals surface area contributed by atoms with Gasteiger partial charge < -0.3 is 10.2 Å². The van der Waals surface area contributed by atoms with E-state index < -0.39 is 0 Å². The average Bonchev–Trinajstić information content (AvgIpc) is 2.74. The van der Waals surface area contributed by atoms with Crippen LogP contribution in [0.2, 0.25) is 0 Å². The fraction of sp³-hybridized carbons (Fsp3) is 0.462. The van der Waals surface area contributed by atoms with Crippen LogP contribution in [0.1, 0.15) is 5.56 Å². The van der Waals surface area contributed by atoms with Gasteiger partial charge in [0.05, 0.1) is 6.04 Å². The summed E-state index contributed by atoms with van der Waals surface area (Å²) < 4.78 is 13.9. The second-order valence-corrected chi connectivity index (χ2v) is 5.86. The lowest BCUT2D eigenvalue weighted by atomic mass is 10.1. The Labute approximate surface area is 119 Å². The highest BCUT2D eigenvalue weighted by atomic mass is 79.9. The molecule has 2 aliphatic heterocycles. The number of amides is 2. The molecule has 1 atom stereocenters. The number of nitrogens with zero attached hydrogens (tertiary/aromatic N) is 2. The summed E-state index contributed by atoms with van der Waals surface area (Å²) in [4.78, 5) is 15.7. The van der Waals surface area contributed by atoms with Gasteiger partial charge in [0.1, 0.15) is 5.82 Å². The maximum atomic E-state index is 13.0. The van der Waals surface area contributed by atoms with Crippen LogP contribution in [0.25, 0.3) is 0 Å². The summed E-state index contributed by atoms with van der Waals surface area (Å²) in [7, 11) is 0. The standard InChI is InChI=1S/C13H15BrFN3O/c14-12-5-10(15)2-1-9(12)7-17-3-4-18-11(8-17)6-16-13(18)19/h1-2,5,11H,3-4,6-8H2,(H,16,19). The number of halogens is 2. The van der Waals surface area contributed by atoms with Crippen molar-refractivity contribution in [3.8, 4) is 0 Å². The number of nitrogens with one attached hydrogen (secondary N) is 1. The van der Waals surface area contributed by atoms with Crippen LogP contribution in [0.5, 0.6) is 0 Å². The van der Waals surface area contributed by atoms with Crippen molar-refractivity contribution in [1.82, 2.24) is 15.1 Å². The molecular formula is C13H15BrFN3O. The molecule has 6 heteroatoms. The highest BCUT2D eigenvalue weighted by molar-refractivity contribution is 9.10. The predicted molar refractivity (Wildman–Crippen MR) is 73.3 cm³/mol. The summed E-state index contributed by atoms with van der Waals surface area (Å²) in [6.07, 6.45) is 0. The molecule has 0 aliphatic carbocycles. The first kappa shape index (κ1) is 12.9. The van der Waals surface area contributed by atoms with Gasteiger partial charge in [0.15, 0.2) is 0 Å². The fourth-order valence-corrected chi connectivity index (χ4v) is 3.18. The molecule has 0 saturated carbocycles. The minimum Gasteiger partial charge on any atom is -0.336 e. The predicted octanol–water partition coefficient (Wildman–Crippen LogP) is 1.80. The third-order valence-electron chi connectivity index (χ3n) is 3.73. The Morgan fingerprint density at radius 3 is 3.05 bits per heavy atom. The van der Waals surface area contributed by atoms with E-state index in [4.69, 9.17) is 0 Å². The molecule has 2 fully saturated rings. The summed E-state index contributed by atoms with van der Waals surface area (Å²) in [6.45, 7) is 3.98. The first-order valence-electron chi connectivity index (χ1n) is 6.34. The van der Waals surface area contributed by atoms with E-state index in [0.717, 1.165) is 42.8 Å². The minimum absolute atomic E-state index is 0.0487. The third kappa shape index (κ3) is 2.60. The molecule has 2 amide bonds. The smallest absolute Gasteiger partial charge is 0.317 e. The maximum absolute atomic E-state index is 13.0. The van der Waals surface area contributed by atoms with Crippen molar-refractivity contribution in [1.29, 1.82) is 0 Å². The Morgan fingerprint density at radius 2 is 2.26 bits per heavy atom. The van der Waals surface area contributed by atoms with Gasteiger partial charge in [-0.3, -0.25) is 4.90 Å². The zero-order valence-corrected chi connectivity index (χ0v) is 12.0. The van der Waals surface area contributed by atoms with Crippen LogP contribution in [-0.2, 0) is 6.54 Å². The van der Waals surface area contributed by atoms with E-state index in [1.165, 1.54) is 12.1 Å². The van der Waals surface area contributed by atoms with Crippen molar-refractivity contribution < 1.29 is 9.18 Å². The monoisotopic (exact) mass is 327 g/mol. The maximum Gasteiger partial charge on any atom is 0.317 e. The van der Waals surface area contributed by atoms with Crippen molar-refractivity contribution >= 4 is 22.0 Å². The van der Waals surface area contributed by atoms with E-state index in [1.807, 2.05) is 11.0 Å². The Hall–Kier alpha value is -1.14. The molecule has 4 nitrogen and oxygen atoms in total. The van der Waals surface area contributed by atoms with Crippen LogP contribution in [0.4, 0.5) is 9.18 Å². The van der Waals surface area contributed by atoms with E-state index in [2.05, 4.69) is 26.1 Å². The topological polar surface area (TPSA) is 35.6 Å². The largest absolute Gasteiger partial charge is 0.336 e. The van der Waals surface area contributed by atoms with Gasteiger partial charge in [-0.15, -0.1) is 0 Å². The first-order valence-corrected chi connectivity index (χ1v) is 7.13. The molecule has 102 valence electrons. The quantitative estimate of drug-likeness (QED) is 0.899. The van der Waals surface area contributed by atoms with Crippen LogP contribution < -0.4 is 5.32 Å². The minimum atomic E-state index is -0.231. The molecular weight excluding hydrogens is 313 g/mol. The van der Waals surface area contributed by atoms with Crippen molar-refractivity contribution in [3.05, 3.63) is 34.1 Å². The summed E-state index contributed by atoms with van der Waals surface area (Å²) in [5.74, 6) is -0.231. The van der Waals surface area contributed by atoms with E-state index >= 15 is 0 Å². The van der Waals surface area contributed by atoms with Crippen LogP contribution in [0.15, 0.2) is 22.7 Å². The molecule has 0 spiro atoms. The van der Waals surface area contributed by atoms with Gasteiger partial charge in [0.2, 0.25) is 0 Å². The first-order chi connectivity index (χ1) is 9.13. The van der Waals surface area contributed by atoms with Crippen molar-refractivity contribution in [3.63, 3.8) is 0 Å². The highest BCUT2D eigenvalue weighted by Gasteiger charge is 2.35. The Bertz CT molecular complexity index is 511. The zero-order chi connectivity index (χ0) is 13.4. The number of hydrogen-bond donors (Lipinski definition) is 1.